The van der Waals surface area contributed by atoms with Crippen LogP contribution in [0.5, 0.6) is 5.75 Å². The van der Waals surface area contributed by atoms with E-state index in [1.54, 1.807) is 0 Å². The summed E-state index contributed by atoms with van der Waals surface area (Å²) in [4.78, 5) is 12.6. The van der Waals surface area contributed by atoms with Gasteiger partial charge in [0.05, 0.1) is 30.3 Å². The zero-order chi connectivity index (χ0) is 22.0. The fourth-order valence-corrected chi connectivity index (χ4v) is 3.98. The first-order valence-corrected chi connectivity index (χ1v) is 10.4. The van der Waals surface area contributed by atoms with Crippen LogP contribution in [-0.2, 0) is 21.0 Å². The molecule has 2 aromatic carbocycles. The number of rotatable bonds is 6. The number of nitrogens with one attached hydrogen (secondary N) is 1. The van der Waals surface area contributed by atoms with E-state index in [2.05, 4.69) is 5.32 Å². The summed E-state index contributed by atoms with van der Waals surface area (Å²) in [6.45, 7) is 1.27. The Morgan fingerprint density at radius 2 is 1.76 bits per heavy atom. The van der Waals surface area contributed by atoms with E-state index in [4.69, 9.17) is 16.3 Å². The number of sulfonamides is 1. The van der Waals surface area contributed by atoms with Gasteiger partial charge in [0.1, 0.15) is 11.8 Å². The lowest BCUT2D eigenvalue weighted by atomic mass is 10.1. The molecule has 0 fully saturated rings. The maximum Gasteiger partial charge on any atom is 0.418 e. The van der Waals surface area contributed by atoms with Gasteiger partial charge in [-0.2, -0.15) is 13.2 Å². The molecule has 1 amide bonds. The molecular formula is C18H18ClF3N2O4S. The molecule has 2 aromatic rings. The van der Waals surface area contributed by atoms with Gasteiger partial charge in [0, 0.05) is 5.02 Å². The van der Waals surface area contributed by atoms with Crippen molar-refractivity contribution in [2.45, 2.75) is 19.1 Å². The molecule has 1 N–H and O–H groups in total. The monoisotopic (exact) mass is 450 g/mol. The number of carbonyl (C=O) groups excluding carboxylic acids is 1. The van der Waals surface area contributed by atoms with Crippen LogP contribution in [0.4, 0.5) is 24.5 Å². The van der Waals surface area contributed by atoms with Gasteiger partial charge in [0.25, 0.3) is 0 Å². The second-order valence-corrected chi connectivity index (χ2v) is 8.41. The van der Waals surface area contributed by atoms with Crippen molar-refractivity contribution < 1.29 is 31.1 Å². The first-order chi connectivity index (χ1) is 13.3. The van der Waals surface area contributed by atoms with Gasteiger partial charge in [-0.05, 0) is 49.4 Å². The van der Waals surface area contributed by atoms with E-state index in [1.807, 2.05) is 0 Å². The highest BCUT2D eigenvalue weighted by Crippen LogP contribution is 2.36. The van der Waals surface area contributed by atoms with Crippen LogP contribution in [0.1, 0.15) is 12.5 Å². The fourth-order valence-electron chi connectivity index (χ4n) is 2.64. The van der Waals surface area contributed by atoms with Crippen LogP contribution in [0.2, 0.25) is 5.02 Å². The quantitative estimate of drug-likeness (QED) is 0.717. The molecule has 2 rings (SSSR count). The second kappa shape index (κ2) is 8.50. The molecule has 0 aliphatic carbocycles. The summed E-state index contributed by atoms with van der Waals surface area (Å²) in [6, 6.07) is 7.39. The number of ether oxygens (including phenoxy) is 1. The van der Waals surface area contributed by atoms with Crippen molar-refractivity contribution in [2.24, 2.45) is 0 Å². The zero-order valence-corrected chi connectivity index (χ0v) is 17.2. The van der Waals surface area contributed by atoms with E-state index in [9.17, 15) is 26.4 Å². The number of hydrogen-bond acceptors (Lipinski definition) is 4. The molecular weight excluding hydrogens is 433 g/mol. The third kappa shape index (κ3) is 5.54. The Hall–Kier alpha value is -2.46. The average molecular weight is 451 g/mol. The van der Waals surface area contributed by atoms with Crippen LogP contribution < -0.4 is 14.4 Å². The van der Waals surface area contributed by atoms with Crippen molar-refractivity contribution in [1.82, 2.24) is 0 Å². The van der Waals surface area contributed by atoms with Gasteiger partial charge >= 0.3 is 6.18 Å². The molecule has 1 atom stereocenters. The number of hydrogen-bond donors (Lipinski definition) is 1. The van der Waals surface area contributed by atoms with Crippen molar-refractivity contribution in [3.05, 3.63) is 53.1 Å². The largest absolute Gasteiger partial charge is 0.497 e. The molecule has 0 saturated carbocycles. The number of anilines is 2. The topological polar surface area (TPSA) is 75.7 Å². The van der Waals surface area contributed by atoms with Gasteiger partial charge in [-0.1, -0.05) is 11.6 Å². The van der Waals surface area contributed by atoms with E-state index in [0.717, 1.165) is 16.6 Å². The standard InChI is InChI=1S/C18H18ClF3N2O4S/c1-11(24(29(3,26)27)13-5-7-14(28-2)8-6-13)17(25)23-16-9-4-12(19)10-15(16)18(20,21)22/h4-11H,1-3H3,(H,23,25)/t11-/m1/s1. The van der Waals surface area contributed by atoms with Gasteiger partial charge in [0.15, 0.2) is 0 Å². The molecule has 0 aliphatic rings. The summed E-state index contributed by atoms with van der Waals surface area (Å²) >= 11 is 5.63. The molecule has 0 radical (unpaired) electrons. The Kier molecular flexibility index (Phi) is 6.69. The van der Waals surface area contributed by atoms with Gasteiger partial charge in [-0.15, -0.1) is 0 Å². The number of benzene rings is 2. The maximum atomic E-state index is 13.2. The summed E-state index contributed by atoms with van der Waals surface area (Å²) in [5, 5.41) is 1.99. The van der Waals surface area contributed by atoms with E-state index >= 15 is 0 Å². The van der Waals surface area contributed by atoms with Crippen molar-refractivity contribution >= 4 is 38.9 Å². The van der Waals surface area contributed by atoms with Crippen molar-refractivity contribution in [2.75, 3.05) is 23.0 Å². The van der Waals surface area contributed by atoms with E-state index in [1.165, 1.54) is 44.4 Å². The number of nitrogens with zero attached hydrogens (tertiary/aromatic N) is 1. The number of halogens is 4. The highest BCUT2D eigenvalue weighted by Gasteiger charge is 2.35. The summed E-state index contributed by atoms with van der Waals surface area (Å²) in [5.74, 6) is -0.477. The normalized spacial score (nSPS) is 12.9. The minimum atomic E-state index is -4.76. The number of methoxy groups -OCH3 is 1. The SMILES string of the molecule is COc1ccc(N([C@H](C)C(=O)Nc2ccc(Cl)cc2C(F)(F)F)S(C)(=O)=O)cc1. The minimum absolute atomic E-state index is 0.153. The van der Waals surface area contributed by atoms with Crippen LogP contribution in [0.25, 0.3) is 0 Å². The number of amides is 1. The molecule has 158 valence electrons. The lowest BCUT2D eigenvalue weighted by Gasteiger charge is -2.28. The lowest BCUT2D eigenvalue weighted by Crippen LogP contribution is -2.45. The molecule has 29 heavy (non-hydrogen) atoms. The smallest absolute Gasteiger partial charge is 0.418 e. The van der Waals surface area contributed by atoms with Crippen LogP contribution in [-0.4, -0.2) is 33.7 Å². The lowest BCUT2D eigenvalue weighted by molar-refractivity contribution is -0.137. The Morgan fingerprint density at radius 1 is 1.17 bits per heavy atom. The molecule has 6 nitrogen and oxygen atoms in total. The Balaban J connectivity index is 2.38. The number of alkyl halides is 3. The van der Waals surface area contributed by atoms with E-state index < -0.39 is 39.4 Å². The van der Waals surface area contributed by atoms with Crippen LogP contribution in [0, 0.1) is 0 Å². The van der Waals surface area contributed by atoms with Crippen molar-refractivity contribution in [1.29, 1.82) is 0 Å². The predicted molar refractivity (Wildman–Crippen MR) is 105 cm³/mol. The third-order valence-electron chi connectivity index (χ3n) is 3.96. The minimum Gasteiger partial charge on any atom is -0.497 e. The van der Waals surface area contributed by atoms with Crippen LogP contribution in [0.3, 0.4) is 0 Å². The summed E-state index contributed by atoms with van der Waals surface area (Å²) in [6.07, 6.45) is -3.87. The molecule has 0 spiro atoms. The third-order valence-corrected chi connectivity index (χ3v) is 5.44. The highest BCUT2D eigenvalue weighted by molar-refractivity contribution is 7.92. The maximum absolute atomic E-state index is 13.2. The molecule has 0 heterocycles. The Bertz CT molecular complexity index is 995. The van der Waals surface area contributed by atoms with Gasteiger partial charge in [0.2, 0.25) is 15.9 Å². The van der Waals surface area contributed by atoms with E-state index in [-0.39, 0.29) is 10.7 Å². The first kappa shape index (κ1) is 22.8. The molecule has 0 bridgehead atoms. The van der Waals surface area contributed by atoms with Crippen LogP contribution >= 0.6 is 11.6 Å². The van der Waals surface area contributed by atoms with Gasteiger partial charge in [-0.3, -0.25) is 9.10 Å². The average Bonchev–Trinajstić information content (AvgIpc) is 2.61. The van der Waals surface area contributed by atoms with Crippen molar-refractivity contribution in [3.8, 4) is 5.75 Å². The molecule has 0 unspecified atom stereocenters. The molecule has 0 saturated heterocycles. The summed E-state index contributed by atoms with van der Waals surface area (Å²) in [7, 11) is -2.50. The van der Waals surface area contributed by atoms with E-state index in [0.29, 0.717) is 11.8 Å². The van der Waals surface area contributed by atoms with Gasteiger partial charge in [-0.25, -0.2) is 8.42 Å². The number of carbonyl (C=O) groups is 1. The fraction of sp³-hybridized carbons (Fsp3) is 0.278. The Morgan fingerprint density at radius 3 is 2.24 bits per heavy atom. The first-order valence-electron chi connectivity index (χ1n) is 8.15. The highest BCUT2D eigenvalue weighted by atomic mass is 35.5. The van der Waals surface area contributed by atoms with Crippen molar-refractivity contribution in [3.63, 3.8) is 0 Å². The molecule has 0 aromatic heterocycles. The zero-order valence-electron chi connectivity index (χ0n) is 15.6. The van der Waals surface area contributed by atoms with Gasteiger partial charge < -0.3 is 10.1 Å². The predicted octanol–water partition coefficient (Wildman–Crippen LogP) is 4.16. The summed E-state index contributed by atoms with van der Waals surface area (Å²) in [5.41, 5.74) is -1.51. The molecule has 11 heteroatoms. The Labute approximate surface area is 171 Å². The van der Waals surface area contributed by atoms with Crippen LogP contribution in [0.15, 0.2) is 42.5 Å². The molecule has 0 aliphatic heterocycles. The second-order valence-electron chi connectivity index (χ2n) is 6.11. The summed E-state index contributed by atoms with van der Waals surface area (Å²) < 4.78 is 70.1.